The molecular formula is C56H35N3O. The first kappa shape index (κ1) is 32.9. The number of nitrogens with zero attached hydrogens (tertiary/aromatic N) is 3. The summed E-state index contributed by atoms with van der Waals surface area (Å²) < 4.78 is 13.6. The molecule has 0 radical (unpaired) electrons. The lowest BCUT2D eigenvalue weighted by Crippen LogP contribution is -1.95. The number of hydrogen-bond donors (Lipinski definition) is 0. The summed E-state index contributed by atoms with van der Waals surface area (Å²) in [5, 5.41) is 8.49. The molecule has 0 bridgehead atoms. The van der Waals surface area contributed by atoms with E-state index in [2.05, 4.69) is 220 Å². The minimum atomic E-state index is 0.869. The molecular weight excluding hydrogens is 731 g/mol. The molecule has 280 valence electrons. The summed E-state index contributed by atoms with van der Waals surface area (Å²) in [6.45, 7) is 0. The monoisotopic (exact) mass is 765 g/mol. The van der Waals surface area contributed by atoms with Crippen LogP contribution in [0.3, 0.4) is 0 Å². The van der Waals surface area contributed by atoms with Crippen LogP contribution in [0.5, 0.6) is 0 Å². The van der Waals surface area contributed by atoms with Crippen molar-refractivity contribution in [2.75, 3.05) is 0 Å². The van der Waals surface area contributed by atoms with Crippen LogP contribution in [0.1, 0.15) is 0 Å². The lowest BCUT2D eigenvalue weighted by Gasteiger charge is -2.11. The molecule has 0 saturated carbocycles. The van der Waals surface area contributed by atoms with Crippen LogP contribution < -0.4 is 0 Å². The summed E-state index contributed by atoms with van der Waals surface area (Å²) in [6, 6.07) is 76.6. The zero-order valence-electron chi connectivity index (χ0n) is 32.5. The quantitative estimate of drug-likeness (QED) is 0.171. The molecule has 13 rings (SSSR count). The van der Waals surface area contributed by atoms with E-state index in [-0.39, 0.29) is 0 Å². The second kappa shape index (κ2) is 12.7. The van der Waals surface area contributed by atoms with Crippen LogP contribution >= 0.6 is 0 Å². The Morgan fingerprint density at radius 3 is 1.45 bits per heavy atom. The van der Waals surface area contributed by atoms with Crippen LogP contribution in [-0.4, -0.2) is 13.7 Å². The van der Waals surface area contributed by atoms with E-state index in [1.165, 1.54) is 71.3 Å². The highest BCUT2D eigenvalue weighted by Crippen LogP contribution is 2.44. The predicted molar refractivity (Wildman–Crippen MR) is 250 cm³/mol. The normalized spacial score (nSPS) is 12.0. The van der Waals surface area contributed by atoms with Gasteiger partial charge in [0.2, 0.25) is 5.71 Å². The van der Waals surface area contributed by atoms with Gasteiger partial charge in [0.15, 0.2) is 0 Å². The van der Waals surface area contributed by atoms with Gasteiger partial charge in [-0.15, -0.1) is 0 Å². The van der Waals surface area contributed by atoms with Gasteiger partial charge in [0.25, 0.3) is 0 Å². The largest absolute Gasteiger partial charge is 0.439 e. The van der Waals surface area contributed by atoms with Gasteiger partial charge in [-0.1, -0.05) is 140 Å². The van der Waals surface area contributed by atoms with E-state index in [1.807, 2.05) is 6.07 Å². The Morgan fingerprint density at radius 1 is 0.283 bits per heavy atom. The molecule has 60 heavy (non-hydrogen) atoms. The first-order valence-electron chi connectivity index (χ1n) is 20.5. The minimum absolute atomic E-state index is 0.869. The molecule has 0 aliphatic rings. The van der Waals surface area contributed by atoms with E-state index in [1.54, 1.807) is 0 Å². The first-order chi connectivity index (χ1) is 29.8. The maximum absolute atomic E-state index is 6.58. The molecule has 0 N–H and O–H groups in total. The lowest BCUT2D eigenvalue weighted by atomic mass is 9.96. The van der Waals surface area contributed by atoms with Crippen LogP contribution in [0.2, 0.25) is 0 Å². The molecule has 0 unspecified atom stereocenters. The van der Waals surface area contributed by atoms with Gasteiger partial charge in [-0.2, -0.15) is 0 Å². The highest BCUT2D eigenvalue weighted by atomic mass is 16.3. The van der Waals surface area contributed by atoms with Crippen molar-refractivity contribution in [3.05, 3.63) is 212 Å². The van der Waals surface area contributed by atoms with Gasteiger partial charge in [0.05, 0.1) is 33.0 Å². The fraction of sp³-hybridized carbons (Fsp3) is 0. The van der Waals surface area contributed by atoms with Crippen LogP contribution in [-0.2, 0) is 0 Å². The Kier molecular flexibility index (Phi) is 6.98. The van der Waals surface area contributed by atoms with E-state index in [0.717, 1.165) is 44.6 Å². The van der Waals surface area contributed by atoms with Gasteiger partial charge < -0.3 is 13.6 Å². The summed E-state index contributed by atoms with van der Waals surface area (Å²) in [4.78, 5) is 0. The third kappa shape index (κ3) is 4.73. The summed E-state index contributed by atoms with van der Waals surface area (Å²) in [5.41, 5.74) is 15.8. The van der Waals surface area contributed by atoms with Crippen molar-refractivity contribution < 1.29 is 4.42 Å². The van der Waals surface area contributed by atoms with Crippen LogP contribution in [0.25, 0.3) is 116 Å². The van der Waals surface area contributed by atoms with E-state index in [4.69, 9.17) is 4.42 Å². The average molecular weight is 766 g/mol. The van der Waals surface area contributed by atoms with Crippen LogP contribution in [0, 0.1) is 0 Å². The molecule has 4 aromatic heterocycles. The average Bonchev–Trinajstić information content (AvgIpc) is 4.05. The number of benzene rings is 9. The predicted octanol–water partition coefficient (Wildman–Crippen LogP) is 15.1. The van der Waals surface area contributed by atoms with Crippen molar-refractivity contribution in [2.24, 2.45) is 0 Å². The Balaban J connectivity index is 0.891. The second-order valence-electron chi connectivity index (χ2n) is 15.7. The Morgan fingerprint density at radius 2 is 0.767 bits per heavy atom. The van der Waals surface area contributed by atoms with Crippen LogP contribution in [0.4, 0.5) is 0 Å². The standard InChI is InChI=1S/C56H35N3O/c1-2-13-39(14-3-1)59-52-23-12-19-42(54(52)55-46-18-7-11-24-53(46)60-56(55)59)38-27-25-36(26-28-38)37-29-31-40(32-30-37)57-50-22-10-6-17-45(50)47-35-41(33-34-51(47)57)58-48-20-8-4-15-43(48)44-16-5-9-21-49(44)58/h1-35H. The fourth-order valence-electron chi connectivity index (χ4n) is 9.83. The van der Waals surface area contributed by atoms with Gasteiger partial charge in [-0.25, -0.2) is 0 Å². The molecule has 0 aliphatic heterocycles. The molecule has 9 aromatic carbocycles. The number of hydrogen-bond acceptors (Lipinski definition) is 1. The van der Waals surface area contributed by atoms with Gasteiger partial charge in [0.1, 0.15) is 5.58 Å². The van der Waals surface area contributed by atoms with Crippen molar-refractivity contribution >= 4 is 76.6 Å². The van der Waals surface area contributed by atoms with Gasteiger partial charge in [-0.3, -0.25) is 4.57 Å². The lowest BCUT2D eigenvalue weighted by molar-refractivity contribution is 0.645. The zero-order chi connectivity index (χ0) is 39.3. The van der Waals surface area contributed by atoms with Crippen molar-refractivity contribution in [2.45, 2.75) is 0 Å². The molecule has 0 amide bonds. The highest BCUT2D eigenvalue weighted by Gasteiger charge is 2.22. The molecule has 13 aromatic rings. The molecule has 0 aliphatic carbocycles. The van der Waals surface area contributed by atoms with E-state index < -0.39 is 0 Å². The van der Waals surface area contributed by atoms with Crippen molar-refractivity contribution in [1.82, 2.24) is 13.7 Å². The zero-order valence-corrected chi connectivity index (χ0v) is 32.5. The number of furan rings is 1. The Labute approximate surface area is 345 Å². The first-order valence-corrected chi connectivity index (χ1v) is 20.5. The molecule has 0 fully saturated rings. The molecule has 4 heterocycles. The summed E-state index contributed by atoms with van der Waals surface area (Å²) in [7, 11) is 0. The minimum Gasteiger partial charge on any atom is -0.439 e. The second-order valence-corrected chi connectivity index (χ2v) is 15.7. The Bertz CT molecular complexity index is 3750. The summed E-state index contributed by atoms with van der Waals surface area (Å²) in [6.07, 6.45) is 0. The third-order valence-electron chi connectivity index (χ3n) is 12.5. The van der Waals surface area contributed by atoms with Gasteiger partial charge in [0, 0.05) is 49.4 Å². The summed E-state index contributed by atoms with van der Waals surface area (Å²) in [5.74, 6) is 0. The van der Waals surface area contributed by atoms with E-state index in [0.29, 0.717) is 0 Å². The topological polar surface area (TPSA) is 27.9 Å². The van der Waals surface area contributed by atoms with Crippen LogP contribution in [0.15, 0.2) is 217 Å². The van der Waals surface area contributed by atoms with Crippen molar-refractivity contribution in [3.63, 3.8) is 0 Å². The van der Waals surface area contributed by atoms with Crippen molar-refractivity contribution in [3.8, 4) is 39.3 Å². The number of rotatable bonds is 5. The molecule has 4 heteroatoms. The molecule has 0 atom stereocenters. The highest BCUT2D eigenvalue weighted by molar-refractivity contribution is 6.24. The number of aromatic nitrogens is 3. The van der Waals surface area contributed by atoms with E-state index >= 15 is 0 Å². The van der Waals surface area contributed by atoms with Gasteiger partial charge in [-0.05, 0) is 95.1 Å². The fourth-order valence-corrected chi connectivity index (χ4v) is 9.83. The van der Waals surface area contributed by atoms with Gasteiger partial charge >= 0.3 is 0 Å². The molecule has 0 spiro atoms. The maximum atomic E-state index is 6.58. The van der Waals surface area contributed by atoms with Crippen molar-refractivity contribution in [1.29, 1.82) is 0 Å². The number of para-hydroxylation sites is 5. The summed E-state index contributed by atoms with van der Waals surface area (Å²) >= 11 is 0. The van der Waals surface area contributed by atoms with E-state index in [9.17, 15) is 0 Å². The smallest absolute Gasteiger partial charge is 0.213 e. The SMILES string of the molecule is c1ccc(-n2c3cccc(-c4ccc(-c5ccc(-n6c7ccccc7c7cc(-n8c9ccccc9c9ccccc98)ccc76)cc5)cc4)c3c3c4ccccc4oc32)cc1. The molecule has 4 nitrogen and oxygen atoms in total. The Hall–Kier alpha value is -8.08. The third-order valence-corrected chi connectivity index (χ3v) is 12.5. The maximum Gasteiger partial charge on any atom is 0.213 e. The number of fused-ring (bicyclic) bond motifs is 11. The molecule has 0 saturated heterocycles.